The molecule has 0 aromatic carbocycles. The third-order valence-electron chi connectivity index (χ3n) is 2.57. The summed E-state index contributed by atoms with van der Waals surface area (Å²) < 4.78 is 0. The monoisotopic (exact) mass is 181 g/mol. The number of aromatic nitrogens is 2. The first-order valence-corrected chi connectivity index (χ1v) is 5.05. The van der Waals surface area contributed by atoms with E-state index in [-0.39, 0.29) is 0 Å². The molecule has 0 bridgehead atoms. The van der Waals surface area contributed by atoms with Crippen LogP contribution in [0.15, 0.2) is 6.20 Å². The Morgan fingerprint density at radius 2 is 2.15 bits per heavy atom. The Kier molecular flexibility index (Phi) is 3.96. The van der Waals surface area contributed by atoms with E-state index in [1.54, 1.807) is 0 Å². The minimum Gasteiger partial charge on any atom is -0.330 e. The van der Waals surface area contributed by atoms with Crippen LogP contribution in [0.4, 0.5) is 0 Å². The average Bonchev–Trinajstić information content (AvgIpc) is 2.57. The van der Waals surface area contributed by atoms with Crippen molar-refractivity contribution >= 4 is 0 Å². The molecular weight excluding hydrogens is 162 g/mol. The molecule has 1 rings (SSSR count). The molecule has 0 fully saturated rings. The predicted octanol–water partition coefficient (Wildman–Crippen LogP) is 1.81. The highest BCUT2D eigenvalue weighted by Gasteiger charge is 2.12. The SMILES string of the molecule is CCC(CC)c1cn[nH]c1CCN. The number of nitrogens with one attached hydrogen (secondary N) is 1. The second kappa shape index (κ2) is 5.02. The molecule has 0 aliphatic heterocycles. The Hall–Kier alpha value is -0.830. The van der Waals surface area contributed by atoms with Crippen molar-refractivity contribution < 1.29 is 0 Å². The van der Waals surface area contributed by atoms with E-state index in [0.29, 0.717) is 12.5 Å². The van der Waals surface area contributed by atoms with Gasteiger partial charge in [-0.15, -0.1) is 0 Å². The lowest BCUT2D eigenvalue weighted by molar-refractivity contribution is 0.634. The van der Waals surface area contributed by atoms with Crippen LogP contribution in [0.25, 0.3) is 0 Å². The van der Waals surface area contributed by atoms with Gasteiger partial charge in [0, 0.05) is 12.1 Å². The van der Waals surface area contributed by atoms with Crippen LogP contribution in [0.1, 0.15) is 43.9 Å². The van der Waals surface area contributed by atoms with Gasteiger partial charge in [-0.2, -0.15) is 5.10 Å². The van der Waals surface area contributed by atoms with Gasteiger partial charge in [-0.3, -0.25) is 5.10 Å². The summed E-state index contributed by atoms with van der Waals surface area (Å²) in [6.07, 6.45) is 5.20. The second-order valence-corrected chi connectivity index (χ2v) is 3.36. The summed E-state index contributed by atoms with van der Waals surface area (Å²) in [5.41, 5.74) is 8.10. The topological polar surface area (TPSA) is 54.7 Å². The Morgan fingerprint density at radius 1 is 1.46 bits per heavy atom. The summed E-state index contributed by atoms with van der Waals surface area (Å²) in [7, 11) is 0. The van der Waals surface area contributed by atoms with Gasteiger partial charge in [0.1, 0.15) is 0 Å². The number of hydrogen-bond donors (Lipinski definition) is 2. The molecule has 3 nitrogen and oxygen atoms in total. The van der Waals surface area contributed by atoms with Crippen LogP contribution in [0.5, 0.6) is 0 Å². The van der Waals surface area contributed by atoms with Crippen molar-refractivity contribution in [2.45, 2.75) is 39.0 Å². The number of nitrogens with two attached hydrogens (primary N) is 1. The van der Waals surface area contributed by atoms with Crippen LogP contribution < -0.4 is 5.73 Å². The van der Waals surface area contributed by atoms with Gasteiger partial charge in [-0.25, -0.2) is 0 Å². The summed E-state index contributed by atoms with van der Waals surface area (Å²) in [5, 5.41) is 7.10. The van der Waals surface area contributed by atoms with Gasteiger partial charge in [0.25, 0.3) is 0 Å². The van der Waals surface area contributed by atoms with Gasteiger partial charge < -0.3 is 5.73 Å². The number of rotatable bonds is 5. The van der Waals surface area contributed by atoms with E-state index < -0.39 is 0 Å². The van der Waals surface area contributed by atoms with Gasteiger partial charge in [0.15, 0.2) is 0 Å². The molecule has 1 aromatic rings. The molecule has 1 heterocycles. The maximum absolute atomic E-state index is 5.52. The molecule has 0 aliphatic rings. The molecule has 0 amide bonds. The zero-order chi connectivity index (χ0) is 9.68. The van der Waals surface area contributed by atoms with Crippen LogP contribution in [-0.4, -0.2) is 16.7 Å². The van der Waals surface area contributed by atoms with Crippen molar-refractivity contribution in [2.75, 3.05) is 6.54 Å². The summed E-state index contributed by atoms with van der Waals surface area (Å²) in [5.74, 6) is 0.639. The van der Waals surface area contributed by atoms with Crippen molar-refractivity contribution in [3.63, 3.8) is 0 Å². The Morgan fingerprint density at radius 3 is 2.69 bits per heavy atom. The fourth-order valence-corrected chi connectivity index (χ4v) is 1.75. The van der Waals surface area contributed by atoms with Crippen molar-refractivity contribution in [3.05, 3.63) is 17.5 Å². The van der Waals surface area contributed by atoms with E-state index in [9.17, 15) is 0 Å². The highest BCUT2D eigenvalue weighted by molar-refractivity contribution is 5.21. The first-order chi connectivity index (χ1) is 6.33. The smallest absolute Gasteiger partial charge is 0.0524 e. The Balaban J connectivity index is 2.78. The van der Waals surface area contributed by atoms with Gasteiger partial charge in [0.2, 0.25) is 0 Å². The fourth-order valence-electron chi connectivity index (χ4n) is 1.75. The molecule has 0 spiro atoms. The number of hydrogen-bond acceptors (Lipinski definition) is 2. The zero-order valence-corrected chi connectivity index (χ0v) is 8.51. The van der Waals surface area contributed by atoms with Crippen molar-refractivity contribution in [1.29, 1.82) is 0 Å². The lowest BCUT2D eigenvalue weighted by Crippen LogP contribution is -2.06. The van der Waals surface area contributed by atoms with Crippen molar-refractivity contribution in [2.24, 2.45) is 5.73 Å². The third-order valence-corrected chi connectivity index (χ3v) is 2.57. The standard InChI is InChI=1S/C10H19N3/c1-3-8(4-2)9-7-12-13-10(9)5-6-11/h7-8H,3-6,11H2,1-2H3,(H,12,13). The molecule has 0 unspecified atom stereocenters. The largest absolute Gasteiger partial charge is 0.330 e. The highest BCUT2D eigenvalue weighted by Crippen LogP contribution is 2.24. The van der Waals surface area contributed by atoms with Gasteiger partial charge in [-0.05, 0) is 30.9 Å². The maximum atomic E-state index is 5.52. The molecule has 0 aliphatic carbocycles. The van der Waals surface area contributed by atoms with Crippen LogP contribution in [0, 0.1) is 0 Å². The molecular formula is C10H19N3. The van der Waals surface area contributed by atoms with E-state index in [1.807, 2.05) is 6.20 Å². The Labute approximate surface area is 79.7 Å². The fraction of sp³-hybridized carbons (Fsp3) is 0.700. The van der Waals surface area contributed by atoms with E-state index in [0.717, 1.165) is 6.42 Å². The molecule has 3 heteroatoms. The molecule has 0 radical (unpaired) electrons. The Bertz CT molecular complexity index is 238. The van der Waals surface area contributed by atoms with Crippen molar-refractivity contribution in [3.8, 4) is 0 Å². The number of nitrogens with zero attached hydrogens (tertiary/aromatic N) is 1. The van der Waals surface area contributed by atoms with Crippen LogP contribution in [-0.2, 0) is 6.42 Å². The molecule has 13 heavy (non-hydrogen) atoms. The normalized spacial score (nSPS) is 11.1. The average molecular weight is 181 g/mol. The lowest BCUT2D eigenvalue weighted by atomic mass is 9.94. The van der Waals surface area contributed by atoms with Crippen LogP contribution in [0.2, 0.25) is 0 Å². The second-order valence-electron chi connectivity index (χ2n) is 3.36. The zero-order valence-electron chi connectivity index (χ0n) is 8.51. The summed E-state index contributed by atoms with van der Waals surface area (Å²) >= 11 is 0. The van der Waals surface area contributed by atoms with E-state index in [4.69, 9.17) is 5.73 Å². The first-order valence-electron chi connectivity index (χ1n) is 5.05. The predicted molar refractivity (Wildman–Crippen MR) is 54.7 cm³/mol. The van der Waals surface area contributed by atoms with Gasteiger partial charge >= 0.3 is 0 Å². The number of H-pyrrole nitrogens is 1. The van der Waals surface area contributed by atoms with Crippen molar-refractivity contribution in [1.82, 2.24) is 10.2 Å². The van der Waals surface area contributed by atoms with Gasteiger partial charge in [0.05, 0.1) is 6.20 Å². The molecule has 0 saturated heterocycles. The minimum atomic E-state index is 0.639. The molecule has 3 N–H and O–H groups in total. The third kappa shape index (κ3) is 2.31. The van der Waals surface area contributed by atoms with E-state index in [2.05, 4.69) is 24.0 Å². The van der Waals surface area contributed by atoms with Crippen LogP contribution >= 0.6 is 0 Å². The molecule has 1 aromatic heterocycles. The van der Waals surface area contributed by atoms with E-state index in [1.165, 1.54) is 24.1 Å². The lowest BCUT2D eigenvalue weighted by Gasteiger charge is -2.11. The summed E-state index contributed by atoms with van der Waals surface area (Å²) in [4.78, 5) is 0. The quantitative estimate of drug-likeness (QED) is 0.728. The van der Waals surface area contributed by atoms with E-state index >= 15 is 0 Å². The highest BCUT2D eigenvalue weighted by atomic mass is 15.1. The summed E-state index contributed by atoms with van der Waals surface area (Å²) in [6.45, 7) is 5.12. The molecule has 0 saturated carbocycles. The minimum absolute atomic E-state index is 0.639. The first kappa shape index (κ1) is 10.3. The number of aromatic amines is 1. The maximum Gasteiger partial charge on any atom is 0.0524 e. The van der Waals surface area contributed by atoms with Crippen LogP contribution in [0.3, 0.4) is 0 Å². The van der Waals surface area contributed by atoms with Gasteiger partial charge in [-0.1, -0.05) is 13.8 Å². The molecule has 0 atom stereocenters. The molecule has 74 valence electrons. The summed E-state index contributed by atoms with van der Waals surface area (Å²) in [6, 6.07) is 0.